The average molecular weight is 382 g/mol. The number of ether oxygens (including phenoxy) is 2. The lowest BCUT2D eigenvalue weighted by atomic mass is 9.78. The van der Waals surface area contributed by atoms with E-state index in [9.17, 15) is 9.90 Å². The van der Waals surface area contributed by atoms with Gasteiger partial charge in [0.1, 0.15) is 11.9 Å². The number of carbonyl (C=O) groups excluding carboxylic acids is 1. The van der Waals surface area contributed by atoms with Crippen LogP contribution in [-0.4, -0.2) is 53.4 Å². The molecule has 0 unspecified atom stereocenters. The van der Waals surface area contributed by atoms with Gasteiger partial charge in [-0.05, 0) is 61.1 Å². The topological polar surface area (TPSA) is 71.9 Å². The lowest BCUT2D eigenvalue weighted by Crippen LogP contribution is -2.42. The van der Waals surface area contributed by atoms with E-state index in [0.29, 0.717) is 23.1 Å². The van der Waals surface area contributed by atoms with Crippen LogP contribution >= 0.6 is 0 Å². The summed E-state index contributed by atoms with van der Waals surface area (Å²) in [6.45, 7) is 2.86. The van der Waals surface area contributed by atoms with Gasteiger partial charge in [0.05, 0.1) is 24.5 Å². The Hall–Kier alpha value is -2.44. The molecule has 1 aliphatic carbocycles. The molecule has 2 aliphatic rings. The molecule has 0 radical (unpaired) electrons. The van der Waals surface area contributed by atoms with Crippen LogP contribution in [-0.2, 0) is 11.3 Å². The summed E-state index contributed by atoms with van der Waals surface area (Å²) < 4.78 is 10.8. The standard InChI is InChI=1S/C22H26N2O4/c1-27-22(26)15-5-7-19(8-6-15)28-21-11-17-13-24(12-16(17)10-20(21)25)14-18-4-2-3-9-23-18/h2-9,16-17,20-21,25H,10-14H2,1H3/t16-,17+,20+,21+/m0/s1. The normalized spacial score (nSPS) is 27.2. The predicted molar refractivity (Wildman–Crippen MR) is 104 cm³/mol. The SMILES string of the molecule is COC(=O)c1ccc(O[C@@H]2C[C@@H]3CN(Cc4ccccn4)C[C@@H]3C[C@H]2O)cc1. The van der Waals surface area contributed by atoms with Crippen molar-refractivity contribution < 1.29 is 19.4 Å². The number of pyridine rings is 1. The largest absolute Gasteiger partial charge is 0.488 e. The summed E-state index contributed by atoms with van der Waals surface area (Å²) >= 11 is 0. The van der Waals surface area contributed by atoms with Gasteiger partial charge in [-0.15, -0.1) is 0 Å². The van der Waals surface area contributed by atoms with Crippen molar-refractivity contribution in [3.05, 3.63) is 59.9 Å². The van der Waals surface area contributed by atoms with E-state index in [4.69, 9.17) is 9.47 Å². The average Bonchev–Trinajstić information content (AvgIpc) is 3.09. The molecule has 1 aromatic heterocycles. The number of fused-ring (bicyclic) bond motifs is 1. The Kier molecular flexibility index (Phi) is 5.59. The molecule has 0 amide bonds. The van der Waals surface area contributed by atoms with E-state index in [0.717, 1.165) is 38.2 Å². The van der Waals surface area contributed by atoms with Crippen LogP contribution in [0.4, 0.5) is 0 Å². The van der Waals surface area contributed by atoms with Crippen molar-refractivity contribution in [2.24, 2.45) is 11.8 Å². The Bertz CT molecular complexity index is 796. The zero-order valence-electron chi connectivity index (χ0n) is 16.0. The van der Waals surface area contributed by atoms with E-state index in [-0.39, 0.29) is 12.1 Å². The van der Waals surface area contributed by atoms with Crippen molar-refractivity contribution in [2.75, 3.05) is 20.2 Å². The Balaban J connectivity index is 1.35. The number of aliphatic hydroxyl groups excluding tert-OH is 1. The van der Waals surface area contributed by atoms with E-state index in [2.05, 4.69) is 16.0 Å². The van der Waals surface area contributed by atoms with E-state index < -0.39 is 6.10 Å². The highest BCUT2D eigenvalue weighted by atomic mass is 16.5. The van der Waals surface area contributed by atoms with Crippen LogP contribution in [0.3, 0.4) is 0 Å². The molecule has 1 aromatic carbocycles. The number of aromatic nitrogens is 1. The van der Waals surface area contributed by atoms with E-state index >= 15 is 0 Å². The number of esters is 1. The van der Waals surface area contributed by atoms with Gasteiger partial charge in [-0.25, -0.2) is 4.79 Å². The van der Waals surface area contributed by atoms with Gasteiger partial charge in [-0.1, -0.05) is 6.07 Å². The molecule has 1 N–H and O–H groups in total. The van der Waals surface area contributed by atoms with Gasteiger partial charge in [-0.3, -0.25) is 9.88 Å². The van der Waals surface area contributed by atoms with Crippen LogP contribution in [0, 0.1) is 11.8 Å². The molecule has 1 saturated carbocycles. The minimum atomic E-state index is -0.476. The second kappa shape index (κ2) is 8.29. The molecule has 2 aromatic rings. The van der Waals surface area contributed by atoms with Crippen molar-refractivity contribution in [1.82, 2.24) is 9.88 Å². The van der Waals surface area contributed by atoms with Crippen LogP contribution in [0.25, 0.3) is 0 Å². The van der Waals surface area contributed by atoms with Gasteiger partial charge in [0.2, 0.25) is 0 Å². The highest BCUT2D eigenvalue weighted by molar-refractivity contribution is 5.89. The maximum Gasteiger partial charge on any atom is 0.337 e. The van der Waals surface area contributed by atoms with Crippen LogP contribution in [0.1, 0.15) is 28.9 Å². The predicted octanol–water partition coefficient (Wildman–Crippen LogP) is 2.52. The summed E-state index contributed by atoms with van der Waals surface area (Å²) in [5.41, 5.74) is 1.57. The monoisotopic (exact) mass is 382 g/mol. The maximum absolute atomic E-state index is 11.5. The molecule has 1 saturated heterocycles. The molecule has 2 fully saturated rings. The summed E-state index contributed by atoms with van der Waals surface area (Å²) in [4.78, 5) is 18.4. The molecular formula is C22H26N2O4. The number of benzene rings is 1. The molecule has 28 heavy (non-hydrogen) atoms. The molecule has 1 aliphatic heterocycles. The highest BCUT2D eigenvalue weighted by Gasteiger charge is 2.42. The lowest BCUT2D eigenvalue weighted by molar-refractivity contribution is -0.0231. The number of hydrogen-bond acceptors (Lipinski definition) is 6. The maximum atomic E-state index is 11.5. The first-order valence-corrected chi connectivity index (χ1v) is 9.77. The molecule has 4 rings (SSSR count). The second-order valence-electron chi connectivity index (χ2n) is 7.75. The molecule has 0 spiro atoms. The molecular weight excluding hydrogens is 356 g/mol. The van der Waals surface area contributed by atoms with E-state index in [1.807, 2.05) is 18.3 Å². The number of carbonyl (C=O) groups is 1. The quantitative estimate of drug-likeness (QED) is 0.802. The Labute approximate surface area is 165 Å². The number of hydrogen-bond donors (Lipinski definition) is 1. The first kappa shape index (κ1) is 18.9. The lowest BCUT2D eigenvalue weighted by Gasteiger charge is -2.35. The Morgan fingerprint density at radius 1 is 1.14 bits per heavy atom. The Morgan fingerprint density at radius 2 is 1.89 bits per heavy atom. The van der Waals surface area contributed by atoms with Crippen molar-refractivity contribution in [3.63, 3.8) is 0 Å². The third kappa shape index (κ3) is 4.18. The first-order chi connectivity index (χ1) is 13.6. The molecule has 6 nitrogen and oxygen atoms in total. The minimum Gasteiger partial charge on any atom is -0.488 e. The summed E-state index contributed by atoms with van der Waals surface area (Å²) in [6, 6.07) is 12.9. The van der Waals surface area contributed by atoms with Crippen molar-refractivity contribution in [1.29, 1.82) is 0 Å². The molecule has 2 heterocycles. The molecule has 4 atom stereocenters. The van der Waals surface area contributed by atoms with Crippen LogP contribution in [0.5, 0.6) is 5.75 Å². The summed E-state index contributed by atoms with van der Waals surface area (Å²) in [7, 11) is 1.36. The van der Waals surface area contributed by atoms with Gasteiger partial charge in [0, 0.05) is 25.8 Å². The number of methoxy groups -OCH3 is 1. The fourth-order valence-corrected chi connectivity index (χ4v) is 4.43. The van der Waals surface area contributed by atoms with Gasteiger partial charge in [0.15, 0.2) is 0 Å². The van der Waals surface area contributed by atoms with Crippen LogP contribution in [0.15, 0.2) is 48.7 Å². The third-order valence-corrected chi connectivity index (χ3v) is 5.84. The van der Waals surface area contributed by atoms with Crippen molar-refractivity contribution in [3.8, 4) is 5.75 Å². The van der Waals surface area contributed by atoms with Gasteiger partial charge in [0.25, 0.3) is 0 Å². The smallest absolute Gasteiger partial charge is 0.337 e. The zero-order valence-corrected chi connectivity index (χ0v) is 16.0. The fourth-order valence-electron chi connectivity index (χ4n) is 4.43. The minimum absolute atomic E-state index is 0.222. The number of nitrogens with zero attached hydrogens (tertiary/aromatic N) is 2. The summed E-state index contributed by atoms with van der Waals surface area (Å²) in [6.07, 6.45) is 2.73. The fraction of sp³-hybridized carbons (Fsp3) is 0.455. The van der Waals surface area contributed by atoms with Crippen LogP contribution < -0.4 is 4.74 Å². The van der Waals surface area contributed by atoms with E-state index in [1.165, 1.54) is 7.11 Å². The molecule has 6 heteroatoms. The zero-order chi connectivity index (χ0) is 19.5. The second-order valence-corrected chi connectivity index (χ2v) is 7.75. The molecule has 0 bridgehead atoms. The third-order valence-electron chi connectivity index (χ3n) is 5.84. The van der Waals surface area contributed by atoms with Gasteiger partial charge < -0.3 is 14.6 Å². The highest BCUT2D eigenvalue weighted by Crippen LogP contribution is 2.38. The van der Waals surface area contributed by atoms with Gasteiger partial charge >= 0.3 is 5.97 Å². The summed E-state index contributed by atoms with van der Waals surface area (Å²) in [5.74, 6) is 1.32. The first-order valence-electron chi connectivity index (χ1n) is 9.77. The summed E-state index contributed by atoms with van der Waals surface area (Å²) in [5, 5.41) is 10.6. The van der Waals surface area contributed by atoms with Crippen LogP contribution in [0.2, 0.25) is 0 Å². The van der Waals surface area contributed by atoms with E-state index in [1.54, 1.807) is 24.3 Å². The number of rotatable bonds is 5. The van der Waals surface area contributed by atoms with Gasteiger partial charge in [-0.2, -0.15) is 0 Å². The van der Waals surface area contributed by atoms with Crippen molar-refractivity contribution >= 4 is 5.97 Å². The number of likely N-dealkylation sites (tertiary alicyclic amines) is 1. The Morgan fingerprint density at radius 3 is 2.57 bits per heavy atom. The number of aliphatic hydroxyl groups is 1. The van der Waals surface area contributed by atoms with Crippen molar-refractivity contribution in [2.45, 2.75) is 31.6 Å². The molecule has 148 valence electrons.